The summed E-state index contributed by atoms with van der Waals surface area (Å²) in [5.74, 6) is 0.955. The van der Waals surface area contributed by atoms with Gasteiger partial charge in [-0.05, 0) is 42.8 Å². The van der Waals surface area contributed by atoms with E-state index in [2.05, 4.69) is 41.8 Å². The molecule has 0 saturated heterocycles. The van der Waals surface area contributed by atoms with Gasteiger partial charge in [-0.3, -0.25) is 0 Å². The number of hydrogen-bond donors (Lipinski definition) is 0. The Balaban J connectivity index is 1.88. The van der Waals surface area contributed by atoms with Crippen LogP contribution >= 0.6 is 23.2 Å². The van der Waals surface area contributed by atoms with E-state index >= 15 is 0 Å². The second-order valence-electron chi connectivity index (χ2n) is 6.13. The van der Waals surface area contributed by atoms with Gasteiger partial charge in [-0.25, -0.2) is 4.98 Å². The molecule has 0 atom stereocenters. The van der Waals surface area contributed by atoms with Gasteiger partial charge in [0.1, 0.15) is 5.82 Å². The van der Waals surface area contributed by atoms with E-state index < -0.39 is 0 Å². The molecule has 0 unspecified atom stereocenters. The largest absolute Gasteiger partial charge is 0.319 e. The van der Waals surface area contributed by atoms with Crippen LogP contribution in [-0.4, -0.2) is 9.55 Å². The van der Waals surface area contributed by atoms with Crippen LogP contribution in [0.4, 0.5) is 0 Å². The summed E-state index contributed by atoms with van der Waals surface area (Å²) in [6.07, 6.45) is 0. The summed E-state index contributed by atoms with van der Waals surface area (Å²) in [4.78, 5) is 4.86. The molecular formula is C21H16Cl2N2. The molecule has 4 rings (SSSR count). The quantitative estimate of drug-likeness (QED) is 0.412. The molecule has 0 N–H and O–H groups in total. The Morgan fingerprint density at radius 2 is 1.72 bits per heavy atom. The van der Waals surface area contributed by atoms with Crippen molar-refractivity contribution in [2.75, 3.05) is 0 Å². The van der Waals surface area contributed by atoms with Crippen molar-refractivity contribution in [1.29, 1.82) is 0 Å². The Bertz CT molecular complexity index is 1070. The van der Waals surface area contributed by atoms with Gasteiger partial charge in [0, 0.05) is 12.1 Å². The topological polar surface area (TPSA) is 17.8 Å². The molecule has 25 heavy (non-hydrogen) atoms. The molecule has 0 amide bonds. The van der Waals surface area contributed by atoms with Crippen LogP contribution in [0.25, 0.3) is 22.4 Å². The minimum Gasteiger partial charge on any atom is -0.319 e. The zero-order valence-electron chi connectivity index (χ0n) is 13.7. The summed E-state index contributed by atoms with van der Waals surface area (Å²) in [6.45, 7) is 2.77. The lowest BCUT2D eigenvalue weighted by molar-refractivity contribution is 0.834. The van der Waals surface area contributed by atoms with Gasteiger partial charge >= 0.3 is 0 Å². The van der Waals surface area contributed by atoms with E-state index in [1.54, 1.807) is 0 Å². The number of halogens is 2. The molecule has 0 fully saturated rings. The van der Waals surface area contributed by atoms with Gasteiger partial charge in [-0.2, -0.15) is 0 Å². The van der Waals surface area contributed by atoms with Crippen LogP contribution in [0, 0.1) is 6.92 Å². The van der Waals surface area contributed by atoms with Gasteiger partial charge in [0.15, 0.2) is 0 Å². The third-order valence-corrected chi connectivity index (χ3v) is 4.99. The maximum atomic E-state index is 6.19. The van der Waals surface area contributed by atoms with Crippen LogP contribution in [0.2, 0.25) is 10.0 Å². The fourth-order valence-electron chi connectivity index (χ4n) is 3.06. The highest BCUT2D eigenvalue weighted by molar-refractivity contribution is 6.42. The van der Waals surface area contributed by atoms with E-state index in [0.29, 0.717) is 16.6 Å². The molecule has 0 saturated carbocycles. The van der Waals surface area contributed by atoms with Gasteiger partial charge in [0.05, 0.1) is 21.1 Å². The molecule has 0 aliphatic carbocycles. The molecule has 0 aliphatic heterocycles. The fraction of sp³-hybridized carbons (Fsp3) is 0.0952. The van der Waals surface area contributed by atoms with E-state index in [1.165, 1.54) is 5.56 Å². The number of benzene rings is 3. The van der Waals surface area contributed by atoms with E-state index in [9.17, 15) is 0 Å². The molecule has 124 valence electrons. The molecule has 0 bridgehead atoms. The lowest BCUT2D eigenvalue weighted by Gasteiger charge is -2.11. The SMILES string of the molecule is Cc1cccc(-c2nc3ccccc3n2Cc2ccc(Cl)c(Cl)c2)c1. The van der Waals surface area contributed by atoms with E-state index in [1.807, 2.05) is 36.4 Å². The third-order valence-electron chi connectivity index (χ3n) is 4.26. The number of aromatic nitrogens is 2. The van der Waals surface area contributed by atoms with E-state index in [4.69, 9.17) is 28.2 Å². The highest BCUT2D eigenvalue weighted by atomic mass is 35.5. The first kappa shape index (κ1) is 16.2. The molecule has 0 spiro atoms. The summed E-state index contributed by atoms with van der Waals surface area (Å²) < 4.78 is 2.23. The van der Waals surface area contributed by atoms with Crippen LogP contribution in [0.3, 0.4) is 0 Å². The minimum atomic E-state index is 0.569. The van der Waals surface area contributed by atoms with Gasteiger partial charge in [0.2, 0.25) is 0 Å². The number of hydrogen-bond acceptors (Lipinski definition) is 1. The van der Waals surface area contributed by atoms with Gasteiger partial charge in [-0.15, -0.1) is 0 Å². The van der Waals surface area contributed by atoms with E-state index in [-0.39, 0.29) is 0 Å². The second kappa shape index (κ2) is 6.55. The average molecular weight is 367 g/mol. The Labute approximate surface area is 156 Å². The smallest absolute Gasteiger partial charge is 0.141 e. The predicted molar refractivity (Wildman–Crippen MR) is 105 cm³/mol. The van der Waals surface area contributed by atoms with E-state index in [0.717, 1.165) is 28.0 Å². The van der Waals surface area contributed by atoms with Crippen molar-refractivity contribution in [3.63, 3.8) is 0 Å². The molecule has 4 heteroatoms. The summed E-state index contributed by atoms with van der Waals surface area (Å²) in [5.41, 5.74) is 5.50. The van der Waals surface area contributed by atoms with Crippen LogP contribution in [0.15, 0.2) is 66.7 Å². The summed E-state index contributed by atoms with van der Waals surface area (Å²) in [6, 6.07) is 22.4. The van der Waals surface area contributed by atoms with Gasteiger partial charge in [-0.1, -0.05) is 65.2 Å². The number of rotatable bonds is 3. The Kier molecular flexibility index (Phi) is 4.24. The normalized spacial score (nSPS) is 11.2. The summed E-state index contributed by atoms with van der Waals surface area (Å²) >= 11 is 12.2. The standard InChI is InChI=1S/C21H16Cl2N2/c1-14-5-4-6-16(11-14)21-24-19-7-2-3-8-20(19)25(21)13-15-9-10-17(22)18(23)12-15/h2-12H,13H2,1H3. The van der Waals surface area contributed by atoms with Crippen LogP contribution in [-0.2, 0) is 6.54 Å². The van der Waals surface area contributed by atoms with Crippen molar-refractivity contribution in [1.82, 2.24) is 9.55 Å². The Morgan fingerprint density at radius 3 is 2.52 bits per heavy atom. The minimum absolute atomic E-state index is 0.569. The fourth-order valence-corrected chi connectivity index (χ4v) is 3.38. The Hall–Kier alpha value is -2.29. The maximum absolute atomic E-state index is 6.19. The van der Waals surface area contributed by atoms with Crippen molar-refractivity contribution in [2.45, 2.75) is 13.5 Å². The van der Waals surface area contributed by atoms with Crippen molar-refractivity contribution >= 4 is 34.2 Å². The zero-order valence-corrected chi connectivity index (χ0v) is 15.2. The lowest BCUT2D eigenvalue weighted by Crippen LogP contribution is -2.02. The molecule has 2 nitrogen and oxygen atoms in total. The lowest BCUT2D eigenvalue weighted by atomic mass is 10.1. The molecule has 0 radical (unpaired) electrons. The molecule has 3 aromatic carbocycles. The first-order chi connectivity index (χ1) is 12.1. The Morgan fingerprint density at radius 1 is 0.880 bits per heavy atom. The monoisotopic (exact) mass is 366 g/mol. The predicted octanol–water partition coefficient (Wildman–Crippen LogP) is 6.37. The van der Waals surface area contributed by atoms with Crippen molar-refractivity contribution in [3.05, 3.63) is 87.9 Å². The van der Waals surface area contributed by atoms with Gasteiger partial charge in [0.25, 0.3) is 0 Å². The number of para-hydroxylation sites is 2. The second-order valence-corrected chi connectivity index (χ2v) is 6.94. The van der Waals surface area contributed by atoms with Gasteiger partial charge < -0.3 is 4.57 Å². The maximum Gasteiger partial charge on any atom is 0.141 e. The average Bonchev–Trinajstić information content (AvgIpc) is 2.97. The van der Waals surface area contributed by atoms with Crippen molar-refractivity contribution in [3.8, 4) is 11.4 Å². The zero-order chi connectivity index (χ0) is 17.4. The number of fused-ring (bicyclic) bond motifs is 1. The molecular weight excluding hydrogens is 351 g/mol. The van der Waals surface area contributed by atoms with Crippen molar-refractivity contribution in [2.24, 2.45) is 0 Å². The van der Waals surface area contributed by atoms with Crippen LogP contribution in [0.1, 0.15) is 11.1 Å². The first-order valence-electron chi connectivity index (χ1n) is 8.08. The highest BCUT2D eigenvalue weighted by Crippen LogP contribution is 2.28. The summed E-state index contributed by atoms with van der Waals surface area (Å²) in [7, 11) is 0. The summed E-state index contributed by atoms with van der Waals surface area (Å²) in [5, 5.41) is 1.14. The third kappa shape index (κ3) is 3.15. The van der Waals surface area contributed by atoms with Crippen molar-refractivity contribution < 1.29 is 0 Å². The highest BCUT2D eigenvalue weighted by Gasteiger charge is 2.13. The van der Waals surface area contributed by atoms with Crippen LogP contribution < -0.4 is 0 Å². The molecule has 4 aromatic rings. The number of aryl methyl sites for hydroxylation is 1. The molecule has 1 heterocycles. The number of imidazole rings is 1. The van der Waals surface area contributed by atoms with Crippen LogP contribution in [0.5, 0.6) is 0 Å². The first-order valence-corrected chi connectivity index (χ1v) is 8.83. The number of nitrogens with zero attached hydrogens (tertiary/aromatic N) is 2. The molecule has 0 aliphatic rings. The molecule has 1 aromatic heterocycles.